The van der Waals surface area contributed by atoms with Crippen molar-refractivity contribution in [1.82, 2.24) is 5.32 Å². The molecule has 1 atom stereocenters. The van der Waals surface area contributed by atoms with Crippen LogP contribution in [0.5, 0.6) is 5.75 Å². The van der Waals surface area contributed by atoms with E-state index in [2.05, 4.69) is 5.32 Å². The van der Waals surface area contributed by atoms with Crippen LogP contribution >= 0.6 is 0 Å². The zero-order valence-electron chi connectivity index (χ0n) is 11.5. The molecule has 0 heterocycles. The lowest BCUT2D eigenvalue weighted by molar-refractivity contribution is 0.410. The van der Waals surface area contributed by atoms with Gasteiger partial charge in [0.05, 0.1) is 13.2 Å². The normalized spacial score (nSPS) is 12.2. The Morgan fingerprint density at radius 2 is 1.75 bits per heavy atom. The van der Waals surface area contributed by atoms with Crippen molar-refractivity contribution in [3.05, 3.63) is 65.2 Å². The third-order valence-corrected chi connectivity index (χ3v) is 3.14. The Hall–Kier alpha value is -1.94. The number of methoxy groups -OCH3 is 1. The van der Waals surface area contributed by atoms with Crippen LogP contribution in [0.15, 0.2) is 42.5 Å². The third-order valence-electron chi connectivity index (χ3n) is 3.14. The Morgan fingerprint density at radius 3 is 2.35 bits per heavy atom. The van der Waals surface area contributed by atoms with Gasteiger partial charge in [0.15, 0.2) is 0 Å². The van der Waals surface area contributed by atoms with Crippen molar-refractivity contribution in [1.29, 1.82) is 0 Å². The largest absolute Gasteiger partial charge is 0.497 e. The first-order chi connectivity index (χ1) is 9.67. The number of halogens is 2. The van der Waals surface area contributed by atoms with Gasteiger partial charge in [-0.25, -0.2) is 8.78 Å². The summed E-state index contributed by atoms with van der Waals surface area (Å²) in [5, 5.41) is 3.11. The predicted octanol–water partition coefficient (Wildman–Crippen LogP) is 3.67. The van der Waals surface area contributed by atoms with Crippen molar-refractivity contribution in [2.75, 3.05) is 13.7 Å². The molecule has 4 heteroatoms. The maximum Gasteiger partial charge on any atom is 0.132 e. The molecular formula is C16H17F2NO. The Kier molecular flexibility index (Phi) is 4.69. The minimum Gasteiger partial charge on any atom is -0.497 e. The van der Waals surface area contributed by atoms with Gasteiger partial charge in [-0.1, -0.05) is 31.2 Å². The molecule has 0 bridgehead atoms. The highest BCUT2D eigenvalue weighted by Gasteiger charge is 2.20. The van der Waals surface area contributed by atoms with E-state index >= 15 is 0 Å². The average molecular weight is 277 g/mol. The van der Waals surface area contributed by atoms with Gasteiger partial charge in [-0.3, -0.25) is 0 Å². The molecule has 0 amide bonds. The quantitative estimate of drug-likeness (QED) is 0.900. The first-order valence-corrected chi connectivity index (χ1v) is 6.48. The zero-order chi connectivity index (χ0) is 14.5. The second kappa shape index (κ2) is 6.48. The number of hydrogen-bond donors (Lipinski definition) is 1. The molecule has 20 heavy (non-hydrogen) atoms. The molecule has 0 fully saturated rings. The molecule has 2 aromatic carbocycles. The summed E-state index contributed by atoms with van der Waals surface area (Å²) in [4.78, 5) is 0. The van der Waals surface area contributed by atoms with Crippen molar-refractivity contribution in [3.63, 3.8) is 0 Å². The highest BCUT2D eigenvalue weighted by molar-refractivity contribution is 5.37. The van der Waals surface area contributed by atoms with E-state index in [1.54, 1.807) is 30.3 Å². The molecule has 1 N–H and O–H groups in total. The minimum absolute atomic E-state index is 0.353. The maximum absolute atomic E-state index is 14.2. The van der Waals surface area contributed by atoms with Gasteiger partial charge < -0.3 is 10.1 Å². The predicted molar refractivity (Wildman–Crippen MR) is 74.9 cm³/mol. The second-order valence-electron chi connectivity index (χ2n) is 4.40. The molecule has 0 aliphatic heterocycles. The fourth-order valence-corrected chi connectivity index (χ4v) is 2.17. The van der Waals surface area contributed by atoms with Crippen LogP contribution in [0.2, 0.25) is 0 Å². The fraction of sp³-hybridized carbons (Fsp3) is 0.250. The van der Waals surface area contributed by atoms with E-state index < -0.39 is 11.9 Å². The molecule has 2 rings (SSSR count). The van der Waals surface area contributed by atoms with Crippen molar-refractivity contribution in [2.45, 2.75) is 13.0 Å². The van der Waals surface area contributed by atoms with Gasteiger partial charge in [0.25, 0.3) is 0 Å². The molecule has 2 aromatic rings. The van der Waals surface area contributed by atoms with E-state index in [1.807, 2.05) is 6.92 Å². The van der Waals surface area contributed by atoms with Gasteiger partial charge in [-0.15, -0.1) is 0 Å². The first kappa shape index (κ1) is 14.5. The molecule has 2 nitrogen and oxygen atoms in total. The van der Waals surface area contributed by atoms with Crippen LogP contribution in [0, 0.1) is 11.6 Å². The lowest BCUT2D eigenvalue weighted by atomic mass is 9.97. The summed E-state index contributed by atoms with van der Waals surface area (Å²) in [5.41, 5.74) is 0.830. The number of hydrogen-bond acceptors (Lipinski definition) is 2. The van der Waals surface area contributed by atoms with E-state index in [9.17, 15) is 8.78 Å². The summed E-state index contributed by atoms with van der Waals surface area (Å²) in [5.74, 6) is -0.331. The van der Waals surface area contributed by atoms with Crippen LogP contribution in [-0.2, 0) is 0 Å². The zero-order valence-corrected chi connectivity index (χ0v) is 11.5. The minimum atomic E-state index is -0.521. The van der Waals surface area contributed by atoms with Crippen LogP contribution in [0.3, 0.4) is 0 Å². The molecule has 1 unspecified atom stereocenters. The van der Waals surface area contributed by atoms with Crippen LogP contribution in [0.4, 0.5) is 8.78 Å². The first-order valence-electron chi connectivity index (χ1n) is 6.48. The van der Waals surface area contributed by atoms with Crippen molar-refractivity contribution >= 4 is 0 Å². The molecule has 0 radical (unpaired) electrons. The highest BCUT2D eigenvalue weighted by Crippen LogP contribution is 2.28. The molecule has 0 aromatic heterocycles. The Labute approximate surface area is 117 Å². The number of benzene rings is 2. The van der Waals surface area contributed by atoms with Crippen LogP contribution in [0.25, 0.3) is 0 Å². The molecule has 0 aliphatic carbocycles. The van der Waals surface area contributed by atoms with Gasteiger partial charge in [-0.05, 0) is 18.7 Å². The van der Waals surface area contributed by atoms with E-state index in [4.69, 9.17) is 4.74 Å². The van der Waals surface area contributed by atoms with E-state index in [1.165, 1.54) is 19.2 Å². The summed E-state index contributed by atoms with van der Waals surface area (Å²) in [6.45, 7) is 2.50. The van der Waals surface area contributed by atoms with E-state index in [0.717, 1.165) is 0 Å². The lowest BCUT2D eigenvalue weighted by Gasteiger charge is -2.20. The van der Waals surface area contributed by atoms with Crippen LogP contribution < -0.4 is 10.1 Å². The number of nitrogens with one attached hydrogen (secondary N) is 1. The van der Waals surface area contributed by atoms with Gasteiger partial charge in [0.2, 0.25) is 0 Å². The molecule has 106 valence electrons. The third kappa shape index (κ3) is 2.96. The Balaban J connectivity index is 2.46. The second-order valence-corrected chi connectivity index (χ2v) is 4.40. The smallest absolute Gasteiger partial charge is 0.132 e. The van der Waals surface area contributed by atoms with Crippen LogP contribution in [0.1, 0.15) is 24.1 Å². The van der Waals surface area contributed by atoms with Crippen LogP contribution in [-0.4, -0.2) is 13.7 Å². The Morgan fingerprint density at radius 1 is 1.05 bits per heavy atom. The molecule has 0 aliphatic rings. The lowest BCUT2D eigenvalue weighted by Crippen LogP contribution is -2.24. The average Bonchev–Trinajstić information content (AvgIpc) is 2.46. The summed E-state index contributed by atoms with van der Waals surface area (Å²) < 4.78 is 33.1. The number of ether oxygens (including phenoxy) is 1. The standard InChI is InChI=1S/C16H17F2NO/c1-3-19-16(12-6-4-5-7-14(12)17)13-9-8-11(20-2)10-15(13)18/h4-10,16,19H,3H2,1-2H3. The summed E-state index contributed by atoms with van der Waals surface area (Å²) in [6, 6.07) is 10.5. The Bertz CT molecular complexity index is 586. The maximum atomic E-state index is 14.2. The SMILES string of the molecule is CCNC(c1ccccc1F)c1ccc(OC)cc1F. The van der Waals surface area contributed by atoms with Crippen molar-refractivity contribution in [2.24, 2.45) is 0 Å². The van der Waals surface area contributed by atoms with Crippen molar-refractivity contribution in [3.8, 4) is 5.75 Å². The van der Waals surface area contributed by atoms with Gasteiger partial charge >= 0.3 is 0 Å². The summed E-state index contributed by atoms with van der Waals surface area (Å²) >= 11 is 0. The van der Waals surface area contributed by atoms with E-state index in [0.29, 0.717) is 23.4 Å². The fourth-order valence-electron chi connectivity index (χ4n) is 2.17. The highest BCUT2D eigenvalue weighted by atomic mass is 19.1. The van der Waals surface area contributed by atoms with Gasteiger partial charge in [0.1, 0.15) is 17.4 Å². The van der Waals surface area contributed by atoms with Gasteiger partial charge in [0, 0.05) is 17.2 Å². The molecule has 0 saturated heterocycles. The molecule has 0 saturated carbocycles. The topological polar surface area (TPSA) is 21.3 Å². The molecule has 0 spiro atoms. The van der Waals surface area contributed by atoms with E-state index in [-0.39, 0.29) is 5.82 Å². The monoisotopic (exact) mass is 277 g/mol. The summed E-state index contributed by atoms with van der Waals surface area (Å²) in [7, 11) is 1.48. The number of rotatable bonds is 5. The summed E-state index contributed by atoms with van der Waals surface area (Å²) in [6.07, 6.45) is 0. The van der Waals surface area contributed by atoms with Crippen molar-refractivity contribution < 1.29 is 13.5 Å². The molecular weight excluding hydrogens is 260 g/mol. The van der Waals surface area contributed by atoms with Gasteiger partial charge in [-0.2, -0.15) is 0 Å².